The molecule has 104 valence electrons. The lowest BCUT2D eigenvalue weighted by Gasteiger charge is -2.34. The molecule has 0 aliphatic carbocycles. The van der Waals surface area contributed by atoms with E-state index < -0.39 is 0 Å². The van der Waals surface area contributed by atoms with Crippen LogP contribution in [0.1, 0.15) is 24.9 Å². The van der Waals surface area contributed by atoms with Crippen LogP contribution < -0.4 is 5.32 Å². The average molecular weight is 295 g/mol. The Bertz CT molecular complexity index is 326. The first-order valence-electron chi connectivity index (χ1n) is 6.01. The SMILES string of the molecule is CCC(c1ccc(F)cc1)N1CCNCC1.Cl.Cl. The second-order valence-corrected chi connectivity index (χ2v) is 4.26. The summed E-state index contributed by atoms with van der Waals surface area (Å²) in [6, 6.07) is 7.36. The van der Waals surface area contributed by atoms with Gasteiger partial charge in [-0.05, 0) is 24.1 Å². The zero-order chi connectivity index (χ0) is 11.4. The Morgan fingerprint density at radius 3 is 2.22 bits per heavy atom. The first-order chi connectivity index (χ1) is 7.81. The van der Waals surface area contributed by atoms with Crippen LogP contribution >= 0.6 is 24.8 Å². The Balaban J connectivity index is 0.00000144. The van der Waals surface area contributed by atoms with Crippen molar-refractivity contribution < 1.29 is 4.39 Å². The molecular formula is C13H21Cl2FN2. The summed E-state index contributed by atoms with van der Waals surface area (Å²) in [5, 5.41) is 3.35. The van der Waals surface area contributed by atoms with Crippen LogP contribution in [-0.2, 0) is 0 Å². The fourth-order valence-electron chi connectivity index (χ4n) is 2.38. The van der Waals surface area contributed by atoms with Gasteiger partial charge in [0.05, 0.1) is 0 Å². The van der Waals surface area contributed by atoms with E-state index in [0.717, 1.165) is 32.6 Å². The van der Waals surface area contributed by atoms with E-state index in [9.17, 15) is 4.39 Å². The van der Waals surface area contributed by atoms with E-state index in [0.29, 0.717) is 6.04 Å². The highest BCUT2D eigenvalue weighted by Gasteiger charge is 2.20. The molecule has 1 atom stereocenters. The molecule has 0 bridgehead atoms. The minimum absolute atomic E-state index is 0. The number of nitrogens with zero attached hydrogens (tertiary/aromatic N) is 1. The summed E-state index contributed by atoms with van der Waals surface area (Å²) in [6.45, 7) is 6.46. The second-order valence-electron chi connectivity index (χ2n) is 4.26. The lowest BCUT2D eigenvalue weighted by atomic mass is 10.0. The largest absolute Gasteiger partial charge is 0.314 e. The van der Waals surface area contributed by atoms with Gasteiger partial charge in [0.15, 0.2) is 0 Å². The highest BCUT2D eigenvalue weighted by Crippen LogP contribution is 2.24. The zero-order valence-corrected chi connectivity index (χ0v) is 12.2. The molecule has 1 aromatic rings. The lowest BCUT2D eigenvalue weighted by Crippen LogP contribution is -2.45. The highest BCUT2D eigenvalue weighted by molar-refractivity contribution is 5.85. The predicted octanol–water partition coefficient (Wildman–Crippen LogP) is 3.03. The molecule has 2 nitrogen and oxygen atoms in total. The van der Waals surface area contributed by atoms with Crippen molar-refractivity contribution in [1.82, 2.24) is 10.2 Å². The normalized spacial score (nSPS) is 17.4. The molecule has 1 aliphatic rings. The third-order valence-corrected chi connectivity index (χ3v) is 3.23. The summed E-state index contributed by atoms with van der Waals surface area (Å²) in [7, 11) is 0. The molecule has 18 heavy (non-hydrogen) atoms. The second kappa shape index (κ2) is 8.70. The minimum Gasteiger partial charge on any atom is -0.314 e. The summed E-state index contributed by atoms with van der Waals surface area (Å²) in [5.74, 6) is -0.154. The van der Waals surface area contributed by atoms with Crippen molar-refractivity contribution in [3.05, 3.63) is 35.6 Å². The van der Waals surface area contributed by atoms with E-state index in [1.54, 1.807) is 12.1 Å². The molecule has 0 radical (unpaired) electrons. The third-order valence-electron chi connectivity index (χ3n) is 3.23. The molecule has 0 amide bonds. The molecule has 0 aromatic heterocycles. The van der Waals surface area contributed by atoms with Crippen molar-refractivity contribution in [2.75, 3.05) is 26.2 Å². The number of benzene rings is 1. The van der Waals surface area contributed by atoms with Crippen LogP contribution in [0.4, 0.5) is 4.39 Å². The van der Waals surface area contributed by atoms with Gasteiger partial charge >= 0.3 is 0 Å². The van der Waals surface area contributed by atoms with E-state index in [1.165, 1.54) is 5.56 Å². The van der Waals surface area contributed by atoms with Crippen LogP contribution in [-0.4, -0.2) is 31.1 Å². The number of nitrogens with one attached hydrogen (secondary N) is 1. The topological polar surface area (TPSA) is 15.3 Å². The fourth-order valence-corrected chi connectivity index (χ4v) is 2.38. The Kier molecular flexibility index (Phi) is 8.53. The first-order valence-corrected chi connectivity index (χ1v) is 6.01. The van der Waals surface area contributed by atoms with Gasteiger partial charge in [-0.2, -0.15) is 0 Å². The van der Waals surface area contributed by atoms with Crippen LogP contribution in [0.25, 0.3) is 0 Å². The number of hydrogen-bond acceptors (Lipinski definition) is 2. The van der Waals surface area contributed by atoms with E-state index in [1.807, 2.05) is 12.1 Å². The Morgan fingerprint density at radius 1 is 1.17 bits per heavy atom. The molecular weight excluding hydrogens is 274 g/mol. The number of piperazine rings is 1. The van der Waals surface area contributed by atoms with Crippen molar-refractivity contribution in [3.8, 4) is 0 Å². The maximum Gasteiger partial charge on any atom is 0.123 e. The summed E-state index contributed by atoms with van der Waals surface area (Å²) in [5.41, 5.74) is 1.23. The molecule has 1 saturated heterocycles. The quantitative estimate of drug-likeness (QED) is 0.922. The van der Waals surface area contributed by atoms with Gasteiger partial charge in [-0.25, -0.2) is 4.39 Å². The smallest absolute Gasteiger partial charge is 0.123 e. The molecule has 1 fully saturated rings. The van der Waals surface area contributed by atoms with E-state index >= 15 is 0 Å². The third kappa shape index (κ3) is 4.39. The number of hydrogen-bond donors (Lipinski definition) is 1. The van der Waals surface area contributed by atoms with E-state index in [2.05, 4.69) is 17.1 Å². The maximum atomic E-state index is 12.9. The first kappa shape index (κ1) is 17.6. The van der Waals surface area contributed by atoms with Crippen molar-refractivity contribution >= 4 is 24.8 Å². The van der Waals surface area contributed by atoms with Crippen LogP contribution in [0, 0.1) is 5.82 Å². The standard InChI is InChI=1S/C13H19FN2.2ClH/c1-2-13(16-9-7-15-8-10-16)11-3-5-12(14)6-4-11;;/h3-6,13,15H,2,7-10H2,1H3;2*1H. The summed E-state index contributed by atoms with van der Waals surface area (Å²) < 4.78 is 12.9. The maximum absolute atomic E-state index is 12.9. The van der Waals surface area contributed by atoms with Crippen LogP contribution in [0.2, 0.25) is 0 Å². The molecule has 1 aromatic carbocycles. The van der Waals surface area contributed by atoms with Gasteiger partial charge in [-0.3, -0.25) is 4.90 Å². The molecule has 1 unspecified atom stereocenters. The molecule has 5 heteroatoms. The van der Waals surface area contributed by atoms with Crippen molar-refractivity contribution in [3.63, 3.8) is 0 Å². The van der Waals surface area contributed by atoms with Gasteiger partial charge in [0.1, 0.15) is 5.82 Å². The monoisotopic (exact) mass is 294 g/mol. The molecule has 0 spiro atoms. The van der Waals surface area contributed by atoms with E-state index in [4.69, 9.17) is 0 Å². The summed E-state index contributed by atoms with van der Waals surface area (Å²) in [6.07, 6.45) is 1.08. The van der Waals surface area contributed by atoms with Gasteiger partial charge in [0.25, 0.3) is 0 Å². The van der Waals surface area contributed by atoms with Crippen LogP contribution in [0.15, 0.2) is 24.3 Å². The van der Waals surface area contributed by atoms with Gasteiger partial charge < -0.3 is 5.32 Å². The van der Waals surface area contributed by atoms with Gasteiger partial charge in [0, 0.05) is 32.2 Å². The van der Waals surface area contributed by atoms with Crippen molar-refractivity contribution in [2.24, 2.45) is 0 Å². The van der Waals surface area contributed by atoms with E-state index in [-0.39, 0.29) is 30.6 Å². The highest BCUT2D eigenvalue weighted by atomic mass is 35.5. The van der Waals surface area contributed by atoms with Gasteiger partial charge in [-0.1, -0.05) is 19.1 Å². The minimum atomic E-state index is -0.154. The Labute approximate surface area is 121 Å². The van der Waals surface area contributed by atoms with Crippen molar-refractivity contribution in [2.45, 2.75) is 19.4 Å². The number of rotatable bonds is 3. The van der Waals surface area contributed by atoms with Gasteiger partial charge in [-0.15, -0.1) is 24.8 Å². The van der Waals surface area contributed by atoms with Crippen LogP contribution in [0.3, 0.4) is 0 Å². The van der Waals surface area contributed by atoms with Crippen molar-refractivity contribution in [1.29, 1.82) is 0 Å². The van der Waals surface area contributed by atoms with Crippen LogP contribution in [0.5, 0.6) is 0 Å². The summed E-state index contributed by atoms with van der Waals surface area (Å²) >= 11 is 0. The van der Waals surface area contributed by atoms with Gasteiger partial charge in [0.2, 0.25) is 0 Å². The Hall–Kier alpha value is -0.350. The molecule has 0 saturated carbocycles. The lowest BCUT2D eigenvalue weighted by molar-refractivity contribution is 0.169. The average Bonchev–Trinajstić information content (AvgIpc) is 2.34. The molecule has 1 heterocycles. The Morgan fingerprint density at radius 2 is 1.72 bits per heavy atom. The molecule has 2 rings (SSSR count). The molecule has 1 aliphatic heterocycles. The fraction of sp³-hybridized carbons (Fsp3) is 0.538. The molecule has 1 N–H and O–H groups in total. The zero-order valence-electron chi connectivity index (χ0n) is 10.6. The number of halogens is 3. The summed E-state index contributed by atoms with van der Waals surface area (Å²) in [4.78, 5) is 2.48. The predicted molar refractivity (Wildman–Crippen MR) is 78.4 cm³/mol.